The fourth-order valence-corrected chi connectivity index (χ4v) is 0.381. The van der Waals surface area contributed by atoms with Crippen molar-refractivity contribution in [3.63, 3.8) is 0 Å². The molecule has 0 amide bonds. The summed E-state index contributed by atoms with van der Waals surface area (Å²) in [4.78, 5) is 0. The van der Waals surface area contributed by atoms with Crippen molar-refractivity contribution in [3.05, 3.63) is 0 Å². The van der Waals surface area contributed by atoms with Crippen molar-refractivity contribution in [2.75, 3.05) is 13.3 Å². The third-order valence-electron chi connectivity index (χ3n) is 0.845. The maximum atomic E-state index is 11.9. The minimum Gasteiger partial charge on any atom is -0.251 e. The molecule has 0 atom stereocenters. The Labute approximate surface area is 46.7 Å². The summed E-state index contributed by atoms with van der Waals surface area (Å²) in [6.45, 7) is -1.39. The van der Waals surface area contributed by atoms with Crippen LogP contribution in [0.15, 0.2) is 0 Å². The fourth-order valence-electron chi connectivity index (χ4n) is 0.381. The molecule has 0 heterocycles. The van der Waals surface area contributed by atoms with E-state index >= 15 is 0 Å². The minimum atomic E-state index is -1.29. The summed E-state index contributed by atoms with van der Waals surface area (Å²) in [6.07, 6.45) is -1.61. The molecule has 0 unspecified atom stereocenters. The van der Waals surface area contributed by atoms with Crippen molar-refractivity contribution in [2.24, 2.45) is 0 Å². The van der Waals surface area contributed by atoms with Gasteiger partial charge < -0.3 is 0 Å². The van der Waals surface area contributed by atoms with Crippen molar-refractivity contribution in [1.29, 1.82) is 0 Å². The Morgan fingerprint density at radius 3 is 1.62 bits per heavy atom. The molecule has 0 aromatic heterocycles. The Kier molecular flexibility index (Phi) is 4.81. The highest BCUT2D eigenvalue weighted by Gasteiger charge is 2.03. The SMILES string of the molecule is FCCC(F)CCF. The van der Waals surface area contributed by atoms with Gasteiger partial charge in [0.1, 0.15) is 6.17 Å². The average molecular weight is 126 g/mol. The van der Waals surface area contributed by atoms with Gasteiger partial charge in [0, 0.05) is 12.8 Å². The third-order valence-corrected chi connectivity index (χ3v) is 0.845. The largest absolute Gasteiger partial charge is 0.251 e. The molecule has 0 rings (SSSR count). The molecule has 0 saturated carbocycles. The molecule has 0 fully saturated rings. The normalized spacial score (nSPS) is 10.5. The molecule has 0 N–H and O–H groups in total. The molecule has 0 spiro atoms. The van der Waals surface area contributed by atoms with Crippen molar-refractivity contribution < 1.29 is 13.2 Å². The van der Waals surface area contributed by atoms with Crippen LogP contribution in [-0.2, 0) is 0 Å². The predicted octanol–water partition coefficient (Wildman–Crippen LogP) is 2.04. The minimum absolute atomic E-state index is 0.163. The van der Waals surface area contributed by atoms with E-state index in [4.69, 9.17) is 0 Å². The van der Waals surface area contributed by atoms with E-state index in [1.165, 1.54) is 0 Å². The van der Waals surface area contributed by atoms with Crippen molar-refractivity contribution in [3.8, 4) is 0 Å². The van der Waals surface area contributed by atoms with E-state index in [0.717, 1.165) is 0 Å². The summed E-state index contributed by atoms with van der Waals surface area (Å²) < 4.78 is 34.3. The number of alkyl halides is 3. The Hall–Kier alpha value is -0.210. The molecule has 0 aliphatic carbocycles. The van der Waals surface area contributed by atoms with Crippen LogP contribution in [0.2, 0.25) is 0 Å². The van der Waals surface area contributed by atoms with Crippen LogP contribution < -0.4 is 0 Å². The molecule has 3 heteroatoms. The third kappa shape index (κ3) is 3.96. The second-order valence-corrected chi connectivity index (χ2v) is 1.55. The van der Waals surface area contributed by atoms with Crippen LogP contribution >= 0.6 is 0 Å². The summed E-state index contributed by atoms with van der Waals surface area (Å²) in [7, 11) is 0. The van der Waals surface area contributed by atoms with Crippen LogP contribution in [0.25, 0.3) is 0 Å². The van der Waals surface area contributed by atoms with Gasteiger partial charge in [-0.3, -0.25) is 8.78 Å². The van der Waals surface area contributed by atoms with Gasteiger partial charge in [0.05, 0.1) is 13.3 Å². The van der Waals surface area contributed by atoms with Crippen molar-refractivity contribution in [2.45, 2.75) is 19.0 Å². The Morgan fingerprint density at radius 1 is 1.00 bits per heavy atom. The molecular weight excluding hydrogens is 117 g/mol. The van der Waals surface area contributed by atoms with E-state index in [1.54, 1.807) is 0 Å². The first kappa shape index (κ1) is 7.79. The molecule has 0 radical (unpaired) electrons. The molecular formula is C5H9F3. The molecule has 0 aliphatic heterocycles. The first-order chi connectivity index (χ1) is 3.81. The first-order valence-electron chi connectivity index (χ1n) is 2.57. The van der Waals surface area contributed by atoms with Gasteiger partial charge in [-0.05, 0) is 0 Å². The number of halogens is 3. The number of rotatable bonds is 4. The smallest absolute Gasteiger partial charge is 0.105 e. The van der Waals surface area contributed by atoms with Gasteiger partial charge in [0.2, 0.25) is 0 Å². The maximum absolute atomic E-state index is 11.9. The second kappa shape index (κ2) is 4.94. The molecule has 0 aliphatic rings. The van der Waals surface area contributed by atoms with Crippen LogP contribution in [0, 0.1) is 0 Å². The maximum Gasteiger partial charge on any atom is 0.105 e. The number of hydrogen-bond acceptors (Lipinski definition) is 0. The zero-order chi connectivity index (χ0) is 6.41. The first-order valence-corrected chi connectivity index (χ1v) is 2.57. The summed E-state index contributed by atoms with van der Waals surface area (Å²) in [5, 5.41) is 0. The van der Waals surface area contributed by atoms with Gasteiger partial charge in [-0.1, -0.05) is 0 Å². The quantitative estimate of drug-likeness (QED) is 0.540. The lowest BCUT2D eigenvalue weighted by Gasteiger charge is -1.98. The molecule has 0 bridgehead atoms. The fraction of sp³-hybridized carbons (Fsp3) is 1.00. The highest BCUT2D eigenvalue weighted by atomic mass is 19.1. The zero-order valence-electron chi connectivity index (χ0n) is 4.54. The Bertz CT molecular complexity index is 40.9. The lowest BCUT2D eigenvalue weighted by atomic mass is 10.2. The van der Waals surface area contributed by atoms with E-state index < -0.39 is 19.5 Å². The van der Waals surface area contributed by atoms with Gasteiger partial charge in [0.15, 0.2) is 0 Å². The van der Waals surface area contributed by atoms with Gasteiger partial charge in [-0.15, -0.1) is 0 Å². The van der Waals surface area contributed by atoms with E-state index in [0.29, 0.717) is 0 Å². The monoisotopic (exact) mass is 126 g/mol. The standard InChI is InChI=1S/C5H9F3/c6-3-1-5(8)2-4-7/h5H,1-4H2. The van der Waals surface area contributed by atoms with Gasteiger partial charge in [-0.2, -0.15) is 0 Å². The van der Waals surface area contributed by atoms with Crippen molar-refractivity contribution >= 4 is 0 Å². The summed E-state index contributed by atoms with van der Waals surface area (Å²) in [5.41, 5.74) is 0. The topological polar surface area (TPSA) is 0 Å². The summed E-state index contributed by atoms with van der Waals surface area (Å²) in [6, 6.07) is 0. The van der Waals surface area contributed by atoms with Crippen LogP contribution in [0.3, 0.4) is 0 Å². The summed E-state index contributed by atoms with van der Waals surface area (Å²) in [5.74, 6) is 0. The van der Waals surface area contributed by atoms with Gasteiger partial charge in [0.25, 0.3) is 0 Å². The molecule has 50 valence electrons. The van der Waals surface area contributed by atoms with Crippen LogP contribution in [-0.4, -0.2) is 19.5 Å². The molecule has 0 aromatic rings. The van der Waals surface area contributed by atoms with Gasteiger partial charge >= 0.3 is 0 Å². The van der Waals surface area contributed by atoms with E-state index in [9.17, 15) is 13.2 Å². The van der Waals surface area contributed by atoms with E-state index in [-0.39, 0.29) is 12.8 Å². The predicted molar refractivity (Wildman–Crippen MR) is 26.1 cm³/mol. The second-order valence-electron chi connectivity index (χ2n) is 1.55. The molecule has 0 saturated heterocycles. The molecule has 0 aromatic carbocycles. The number of hydrogen-bond donors (Lipinski definition) is 0. The summed E-state index contributed by atoms with van der Waals surface area (Å²) >= 11 is 0. The zero-order valence-corrected chi connectivity index (χ0v) is 4.54. The lowest BCUT2D eigenvalue weighted by Crippen LogP contribution is -2.01. The van der Waals surface area contributed by atoms with Crippen LogP contribution in [0.1, 0.15) is 12.8 Å². The van der Waals surface area contributed by atoms with E-state index in [1.807, 2.05) is 0 Å². The van der Waals surface area contributed by atoms with Gasteiger partial charge in [-0.25, -0.2) is 4.39 Å². The van der Waals surface area contributed by atoms with Crippen LogP contribution in [0.4, 0.5) is 13.2 Å². The van der Waals surface area contributed by atoms with E-state index in [2.05, 4.69) is 0 Å². The average Bonchev–Trinajstić information content (AvgIpc) is 1.68. The Morgan fingerprint density at radius 2 is 1.38 bits per heavy atom. The molecule has 0 nitrogen and oxygen atoms in total. The highest BCUT2D eigenvalue weighted by molar-refractivity contribution is 4.52. The van der Waals surface area contributed by atoms with Crippen molar-refractivity contribution in [1.82, 2.24) is 0 Å². The van der Waals surface area contributed by atoms with Crippen LogP contribution in [0.5, 0.6) is 0 Å². The Balaban J connectivity index is 2.92. The lowest BCUT2D eigenvalue weighted by molar-refractivity contribution is 0.248. The molecule has 8 heavy (non-hydrogen) atoms. The highest BCUT2D eigenvalue weighted by Crippen LogP contribution is 2.02.